The molecular formula is C20H31N5O4. The van der Waals surface area contributed by atoms with Crippen molar-refractivity contribution in [3.8, 4) is 0 Å². The van der Waals surface area contributed by atoms with Gasteiger partial charge in [-0.25, -0.2) is 9.78 Å². The van der Waals surface area contributed by atoms with E-state index >= 15 is 0 Å². The first kappa shape index (κ1) is 21.1. The number of aromatic nitrogens is 2. The second-order valence-electron chi connectivity index (χ2n) is 10.0. The molecule has 0 aliphatic carbocycles. The van der Waals surface area contributed by atoms with Gasteiger partial charge in [-0.15, -0.1) is 0 Å². The normalized spacial score (nSPS) is 23.0. The summed E-state index contributed by atoms with van der Waals surface area (Å²) in [6.07, 6.45) is 2.68. The number of hydrogen-bond donors (Lipinski definition) is 2. The van der Waals surface area contributed by atoms with Gasteiger partial charge in [0.1, 0.15) is 24.2 Å². The highest BCUT2D eigenvalue weighted by atomic mass is 16.4. The lowest BCUT2D eigenvalue weighted by Gasteiger charge is -2.45. The number of carbonyl (C=O) groups excluding carboxylic acids is 2. The number of carboxylic acid groups (broad SMARTS) is 1. The van der Waals surface area contributed by atoms with Crippen LogP contribution in [0.3, 0.4) is 0 Å². The lowest BCUT2D eigenvalue weighted by atomic mass is 9.82. The number of anilines is 1. The van der Waals surface area contributed by atoms with Crippen molar-refractivity contribution in [3.63, 3.8) is 0 Å². The van der Waals surface area contributed by atoms with Gasteiger partial charge < -0.3 is 15.3 Å². The molecule has 2 aliphatic heterocycles. The Morgan fingerprint density at radius 1 is 1.28 bits per heavy atom. The molecule has 3 heterocycles. The van der Waals surface area contributed by atoms with E-state index in [1.807, 2.05) is 20.8 Å². The van der Waals surface area contributed by atoms with Crippen molar-refractivity contribution in [1.29, 1.82) is 0 Å². The molecule has 0 aromatic carbocycles. The average Bonchev–Trinajstić information content (AvgIpc) is 3.26. The number of carbonyl (C=O) groups is 3. The topological polar surface area (TPSA) is 108 Å². The number of nitrogens with zero attached hydrogens (tertiary/aromatic N) is 4. The largest absolute Gasteiger partial charge is 0.465 e. The van der Waals surface area contributed by atoms with E-state index in [2.05, 4.69) is 10.3 Å². The van der Waals surface area contributed by atoms with Gasteiger partial charge in [0.15, 0.2) is 0 Å². The van der Waals surface area contributed by atoms with Gasteiger partial charge in [0, 0.05) is 24.5 Å². The van der Waals surface area contributed by atoms with Gasteiger partial charge in [-0.1, -0.05) is 20.8 Å². The SMILES string of the molecule is CC(C)(C)[C@H](C(=O)N1CCC(C2Nc3cncn3C2=O)C1)N(C(=O)O)C(C)(C)C. The number of imidazole rings is 1. The first-order valence-electron chi connectivity index (χ1n) is 9.96. The highest BCUT2D eigenvalue weighted by molar-refractivity contribution is 5.94. The Morgan fingerprint density at radius 3 is 2.45 bits per heavy atom. The molecule has 3 rings (SSSR count). The maximum Gasteiger partial charge on any atom is 0.408 e. The summed E-state index contributed by atoms with van der Waals surface area (Å²) in [5.74, 6) is 0.372. The predicted octanol–water partition coefficient (Wildman–Crippen LogP) is 2.36. The van der Waals surface area contributed by atoms with E-state index in [1.165, 1.54) is 15.8 Å². The van der Waals surface area contributed by atoms with E-state index < -0.39 is 29.1 Å². The molecule has 3 atom stereocenters. The summed E-state index contributed by atoms with van der Waals surface area (Å²) in [5.41, 5.74) is -1.30. The molecule has 0 radical (unpaired) electrons. The Kier molecular flexibility index (Phi) is 5.13. The molecule has 2 amide bonds. The van der Waals surface area contributed by atoms with Gasteiger partial charge in [0.25, 0.3) is 5.91 Å². The lowest BCUT2D eigenvalue weighted by Crippen LogP contribution is -2.61. The van der Waals surface area contributed by atoms with Gasteiger partial charge in [-0.05, 0) is 32.6 Å². The molecule has 29 heavy (non-hydrogen) atoms. The number of fused-ring (bicyclic) bond motifs is 1. The van der Waals surface area contributed by atoms with Gasteiger partial charge >= 0.3 is 6.09 Å². The molecule has 2 N–H and O–H groups in total. The van der Waals surface area contributed by atoms with Crippen LogP contribution in [0.15, 0.2) is 12.5 Å². The van der Waals surface area contributed by atoms with Gasteiger partial charge in [-0.2, -0.15) is 0 Å². The van der Waals surface area contributed by atoms with E-state index in [0.29, 0.717) is 25.3 Å². The summed E-state index contributed by atoms with van der Waals surface area (Å²) in [6, 6.07) is -1.21. The van der Waals surface area contributed by atoms with E-state index in [9.17, 15) is 19.5 Å². The quantitative estimate of drug-likeness (QED) is 0.799. The molecule has 0 spiro atoms. The molecular weight excluding hydrogens is 374 g/mol. The Morgan fingerprint density at radius 2 is 1.93 bits per heavy atom. The first-order chi connectivity index (χ1) is 13.3. The van der Waals surface area contributed by atoms with Crippen molar-refractivity contribution in [2.45, 2.75) is 65.6 Å². The molecule has 1 aromatic heterocycles. The number of rotatable bonds is 3. The van der Waals surface area contributed by atoms with Crippen LogP contribution in [0.25, 0.3) is 0 Å². The zero-order chi connectivity index (χ0) is 21.7. The van der Waals surface area contributed by atoms with Crippen LogP contribution in [-0.2, 0) is 4.79 Å². The maximum absolute atomic E-state index is 13.5. The molecule has 9 heteroatoms. The third-order valence-corrected chi connectivity index (χ3v) is 5.69. The van der Waals surface area contributed by atoms with Crippen molar-refractivity contribution < 1.29 is 19.5 Å². The van der Waals surface area contributed by atoms with Crippen molar-refractivity contribution >= 4 is 23.7 Å². The summed E-state index contributed by atoms with van der Waals surface area (Å²) in [5, 5.41) is 13.1. The summed E-state index contributed by atoms with van der Waals surface area (Å²) >= 11 is 0. The monoisotopic (exact) mass is 405 g/mol. The minimum Gasteiger partial charge on any atom is -0.465 e. The first-order valence-corrected chi connectivity index (χ1v) is 9.96. The summed E-state index contributed by atoms with van der Waals surface area (Å²) in [6.45, 7) is 12.0. The summed E-state index contributed by atoms with van der Waals surface area (Å²) in [4.78, 5) is 45.1. The Bertz CT molecular complexity index is 820. The van der Waals surface area contributed by atoms with E-state index in [4.69, 9.17) is 0 Å². The second kappa shape index (κ2) is 7.03. The van der Waals surface area contributed by atoms with Crippen molar-refractivity contribution in [3.05, 3.63) is 12.5 Å². The van der Waals surface area contributed by atoms with Crippen molar-refractivity contribution in [1.82, 2.24) is 19.4 Å². The van der Waals surface area contributed by atoms with Crippen molar-refractivity contribution in [2.24, 2.45) is 11.3 Å². The molecule has 1 aromatic rings. The van der Waals surface area contributed by atoms with E-state index in [-0.39, 0.29) is 17.7 Å². The highest BCUT2D eigenvalue weighted by Crippen LogP contribution is 2.34. The molecule has 160 valence electrons. The Hall–Kier alpha value is -2.58. The zero-order valence-corrected chi connectivity index (χ0v) is 18.0. The molecule has 2 unspecified atom stereocenters. The zero-order valence-electron chi connectivity index (χ0n) is 18.0. The minimum atomic E-state index is -1.11. The molecule has 2 aliphatic rings. The minimum absolute atomic E-state index is 0.0279. The third kappa shape index (κ3) is 3.82. The molecule has 1 fully saturated rings. The number of likely N-dealkylation sites (tertiary alicyclic amines) is 1. The average molecular weight is 405 g/mol. The standard InChI is InChI=1S/C20H31N5O4/c1-19(2,3)15(25(18(28)29)20(4,5)6)17(27)23-8-7-12(10-23)14-16(26)24-11-21-9-13(24)22-14/h9,11-12,14-15,22H,7-8,10H2,1-6H3,(H,28,29)/t12?,14?,15-/m0/s1. The lowest BCUT2D eigenvalue weighted by molar-refractivity contribution is -0.141. The summed E-state index contributed by atoms with van der Waals surface area (Å²) < 4.78 is 1.50. The predicted molar refractivity (Wildman–Crippen MR) is 108 cm³/mol. The second-order valence-corrected chi connectivity index (χ2v) is 10.0. The van der Waals surface area contributed by atoms with Gasteiger partial charge in [-0.3, -0.25) is 19.1 Å². The van der Waals surface area contributed by atoms with E-state index in [0.717, 1.165) is 0 Å². The van der Waals surface area contributed by atoms with Gasteiger partial charge in [0.05, 0.1) is 6.20 Å². The van der Waals surface area contributed by atoms with Crippen molar-refractivity contribution in [2.75, 3.05) is 18.4 Å². The van der Waals surface area contributed by atoms with Crippen LogP contribution in [0.2, 0.25) is 0 Å². The molecule has 1 saturated heterocycles. The Labute approximate surface area is 171 Å². The highest BCUT2D eigenvalue weighted by Gasteiger charge is 2.48. The molecule has 0 saturated carbocycles. The summed E-state index contributed by atoms with van der Waals surface area (Å²) in [7, 11) is 0. The number of nitrogens with one attached hydrogen (secondary N) is 1. The van der Waals surface area contributed by atoms with Crippen LogP contribution in [0.4, 0.5) is 10.6 Å². The maximum atomic E-state index is 13.5. The van der Waals surface area contributed by atoms with Gasteiger partial charge in [0.2, 0.25) is 5.91 Å². The van der Waals surface area contributed by atoms with Crippen LogP contribution in [0.1, 0.15) is 52.8 Å². The fourth-order valence-corrected chi connectivity index (χ4v) is 4.35. The van der Waals surface area contributed by atoms with Crippen LogP contribution >= 0.6 is 0 Å². The fourth-order valence-electron chi connectivity index (χ4n) is 4.35. The number of amides is 2. The Balaban J connectivity index is 1.79. The van der Waals surface area contributed by atoms with Crippen LogP contribution in [0.5, 0.6) is 0 Å². The van der Waals surface area contributed by atoms with E-state index in [1.54, 1.807) is 31.9 Å². The third-order valence-electron chi connectivity index (χ3n) is 5.69. The van der Waals surface area contributed by atoms with Crippen LogP contribution in [-0.4, -0.2) is 73.1 Å². The molecule has 9 nitrogen and oxygen atoms in total. The smallest absolute Gasteiger partial charge is 0.408 e. The van der Waals surface area contributed by atoms with Crippen LogP contribution in [0, 0.1) is 11.3 Å². The van der Waals surface area contributed by atoms with Crippen LogP contribution < -0.4 is 5.32 Å². The fraction of sp³-hybridized carbons (Fsp3) is 0.700. The molecule has 0 bridgehead atoms. The number of hydrogen-bond acceptors (Lipinski definition) is 5.